The first-order valence-electron chi connectivity index (χ1n) is 7.01. The number of anilines is 1. The summed E-state index contributed by atoms with van der Waals surface area (Å²) in [5.74, 6) is 0.287. The Balaban J connectivity index is 2.02. The van der Waals surface area contributed by atoms with Crippen LogP contribution in [0, 0.1) is 0 Å². The molecule has 3 heterocycles. The minimum atomic E-state index is 0.250. The van der Waals surface area contributed by atoms with Crippen molar-refractivity contribution in [3.63, 3.8) is 0 Å². The van der Waals surface area contributed by atoms with Gasteiger partial charge in [-0.3, -0.25) is 4.57 Å². The van der Waals surface area contributed by atoms with Gasteiger partial charge in [-0.15, -0.1) is 0 Å². The van der Waals surface area contributed by atoms with Crippen molar-refractivity contribution in [2.45, 2.75) is 19.9 Å². The minimum absolute atomic E-state index is 0.250. The van der Waals surface area contributed by atoms with E-state index in [0.29, 0.717) is 34.2 Å². The maximum atomic E-state index is 5.97. The van der Waals surface area contributed by atoms with Crippen LogP contribution >= 0.6 is 27.5 Å². The van der Waals surface area contributed by atoms with E-state index in [9.17, 15) is 0 Å². The van der Waals surface area contributed by atoms with E-state index < -0.39 is 0 Å². The van der Waals surface area contributed by atoms with Gasteiger partial charge in [0.05, 0.1) is 13.2 Å². The Kier molecular flexibility index (Phi) is 4.63. The number of nitrogen functional groups attached to an aromatic ring is 1. The summed E-state index contributed by atoms with van der Waals surface area (Å²) in [6.45, 7) is 3.06. The molecule has 0 spiro atoms. The highest BCUT2D eigenvalue weighted by Crippen LogP contribution is 2.25. The Morgan fingerprint density at radius 3 is 2.83 bits per heavy atom. The summed E-state index contributed by atoms with van der Waals surface area (Å²) in [7, 11) is 0. The molecule has 0 aliphatic heterocycles. The second-order valence-corrected chi connectivity index (χ2v) is 5.96. The molecule has 2 N–H and O–H groups in total. The molecule has 0 aliphatic rings. The van der Waals surface area contributed by atoms with E-state index in [1.54, 1.807) is 12.3 Å². The van der Waals surface area contributed by atoms with Crippen molar-refractivity contribution in [3.05, 3.63) is 33.8 Å². The highest BCUT2D eigenvalue weighted by atomic mass is 79.9. The lowest BCUT2D eigenvalue weighted by molar-refractivity contribution is 0.293. The summed E-state index contributed by atoms with van der Waals surface area (Å²) >= 11 is 9.25. The summed E-state index contributed by atoms with van der Waals surface area (Å²) < 4.78 is 7.97. The van der Waals surface area contributed by atoms with Gasteiger partial charge in [-0.25, -0.2) is 9.97 Å². The molecule has 3 aromatic rings. The van der Waals surface area contributed by atoms with Gasteiger partial charge in [-0.05, 0) is 34.0 Å². The van der Waals surface area contributed by atoms with Crippen molar-refractivity contribution in [3.8, 4) is 6.01 Å². The van der Waals surface area contributed by atoms with Crippen LogP contribution in [0.15, 0.2) is 23.1 Å². The molecule has 0 amide bonds. The topological polar surface area (TPSA) is 91.7 Å². The molecule has 0 aromatic carbocycles. The first kappa shape index (κ1) is 15.9. The molecule has 7 nitrogen and oxygen atoms in total. The molecule has 0 fully saturated rings. The van der Waals surface area contributed by atoms with Gasteiger partial charge >= 0.3 is 6.01 Å². The second kappa shape index (κ2) is 6.67. The number of ether oxygens (including phenoxy) is 1. The molecule has 0 unspecified atom stereocenters. The van der Waals surface area contributed by atoms with Crippen molar-refractivity contribution in [2.24, 2.45) is 0 Å². The maximum Gasteiger partial charge on any atom is 0.320 e. The van der Waals surface area contributed by atoms with Gasteiger partial charge < -0.3 is 10.5 Å². The van der Waals surface area contributed by atoms with Crippen LogP contribution < -0.4 is 10.5 Å². The molecule has 3 rings (SSSR count). The van der Waals surface area contributed by atoms with Gasteiger partial charge in [0.2, 0.25) is 0 Å². The number of imidazole rings is 1. The summed E-state index contributed by atoms with van der Waals surface area (Å²) in [5.41, 5.74) is 8.06. The van der Waals surface area contributed by atoms with Gasteiger partial charge in [0.15, 0.2) is 21.7 Å². The van der Waals surface area contributed by atoms with Crippen molar-refractivity contribution >= 4 is 44.5 Å². The number of pyridine rings is 1. The van der Waals surface area contributed by atoms with E-state index in [-0.39, 0.29) is 11.8 Å². The number of nitrogens with two attached hydrogens (primary N) is 1. The van der Waals surface area contributed by atoms with Crippen LogP contribution in [-0.2, 0) is 6.54 Å². The molecule has 3 aromatic heterocycles. The third kappa shape index (κ3) is 3.37. The van der Waals surface area contributed by atoms with E-state index >= 15 is 0 Å². The summed E-state index contributed by atoms with van der Waals surface area (Å²) in [5, 5.41) is 0.449. The van der Waals surface area contributed by atoms with E-state index in [0.717, 1.165) is 12.0 Å². The predicted molar refractivity (Wildman–Crippen MR) is 91.6 cm³/mol. The van der Waals surface area contributed by atoms with Gasteiger partial charge in [-0.2, -0.15) is 9.97 Å². The maximum absolute atomic E-state index is 5.97. The number of halogens is 2. The fraction of sp³-hybridized carbons (Fsp3) is 0.286. The zero-order valence-electron chi connectivity index (χ0n) is 12.3. The zero-order chi connectivity index (χ0) is 16.4. The Morgan fingerprint density at radius 1 is 1.30 bits per heavy atom. The first-order valence-corrected chi connectivity index (χ1v) is 8.18. The molecule has 9 heteroatoms. The molecular weight excluding hydrogens is 384 g/mol. The van der Waals surface area contributed by atoms with Crippen molar-refractivity contribution in [1.29, 1.82) is 0 Å². The van der Waals surface area contributed by atoms with E-state index in [1.807, 2.05) is 17.6 Å². The quantitative estimate of drug-likeness (QED) is 0.525. The molecule has 0 bridgehead atoms. The van der Waals surface area contributed by atoms with E-state index in [2.05, 4.69) is 35.9 Å². The number of aromatic nitrogens is 5. The fourth-order valence-corrected chi connectivity index (χ4v) is 2.64. The van der Waals surface area contributed by atoms with Crippen LogP contribution in [-0.4, -0.2) is 31.1 Å². The molecule has 0 saturated heterocycles. The standard InChI is InChI=1S/C14H14BrClN6O/c1-2-5-23-14-20-11(17)10-12(21-14)22(13(15)19-10)7-8-3-4-9(16)18-6-8/h3-4,6H,2,5,7H2,1H3,(H2,17,20,21). The van der Waals surface area contributed by atoms with Crippen LogP contribution in [0.5, 0.6) is 6.01 Å². The normalized spacial score (nSPS) is 11.1. The lowest BCUT2D eigenvalue weighted by atomic mass is 10.3. The number of rotatable bonds is 5. The van der Waals surface area contributed by atoms with Crippen LogP contribution in [0.4, 0.5) is 5.82 Å². The van der Waals surface area contributed by atoms with Crippen LogP contribution in [0.2, 0.25) is 5.15 Å². The van der Waals surface area contributed by atoms with Crippen molar-refractivity contribution < 1.29 is 4.74 Å². The lowest BCUT2D eigenvalue weighted by Crippen LogP contribution is -2.06. The third-order valence-electron chi connectivity index (χ3n) is 3.12. The zero-order valence-corrected chi connectivity index (χ0v) is 14.7. The first-order chi connectivity index (χ1) is 11.1. The minimum Gasteiger partial charge on any atom is -0.463 e. The number of fused-ring (bicyclic) bond motifs is 1. The molecule has 0 atom stereocenters. The average Bonchev–Trinajstić information content (AvgIpc) is 2.84. The Morgan fingerprint density at radius 2 is 2.13 bits per heavy atom. The van der Waals surface area contributed by atoms with Crippen LogP contribution in [0.1, 0.15) is 18.9 Å². The summed E-state index contributed by atoms with van der Waals surface area (Å²) in [6.07, 6.45) is 2.57. The van der Waals surface area contributed by atoms with Gasteiger partial charge in [-0.1, -0.05) is 24.6 Å². The van der Waals surface area contributed by atoms with Crippen LogP contribution in [0.25, 0.3) is 11.2 Å². The molecule has 0 aliphatic carbocycles. The van der Waals surface area contributed by atoms with E-state index in [1.165, 1.54) is 0 Å². The van der Waals surface area contributed by atoms with E-state index in [4.69, 9.17) is 22.1 Å². The highest BCUT2D eigenvalue weighted by molar-refractivity contribution is 9.10. The summed E-state index contributed by atoms with van der Waals surface area (Å²) in [6, 6.07) is 3.88. The van der Waals surface area contributed by atoms with Crippen molar-refractivity contribution in [2.75, 3.05) is 12.3 Å². The molecular formula is C14H14BrClN6O. The second-order valence-electron chi connectivity index (χ2n) is 4.87. The highest BCUT2D eigenvalue weighted by Gasteiger charge is 2.16. The van der Waals surface area contributed by atoms with Crippen molar-refractivity contribution in [1.82, 2.24) is 24.5 Å². The SMILES string of the molecule is CCCOc1nc(N)c2nc(Br)n(Cc3ccc(Cl)nc3)c2n1. The third-order valence-corrected chi connectivity index (χ3v) is 3.95. The number of hydrogen-bond donors (Lipinski definition) is 1. The predicted octanol–water partition coefficient (Wildman–Crippen LogP) is 3.06. The monoisotopic (exact) mass is 396 g/mol. The van der Waals surface area contributed by atoms with Gasteiger partial charge in [0.1, 0.15) is 5.15 Å². The average molecular weight is 398 g/mol. The molecule has 0 saturated carbocycles. The largest absolute Gasteiger partial charge is 0.463 e. The lowest BCUT2D eigenvalue weighted by Gasteiger charge is -2.07. The molecule has 120 valence electrons. The molecule has 23 heavy (non-hydrogen) atoms. The van der Waals surface area contributed by atoms with Crippen LogP contribution in [0.3, 0.4) is 0 Å². The summed E-state index contributed by atoms with van der Waals surface area (Å²) in [4.78, 5) is 17.0. The fourth-order valence-electron chi connectivity index (χ4n) is 2.06. The number of hydrogen-bond acceptors (Lipinski definition) is 6. The van der Waals surface area contributed by atoms with Gasteiger partial charge in [0, 0.05) is 6.20 Å². The Hall–Kier alpha value is -1.93. The molecule has 0 radical (unpaired) electrons. The smallest absolute Gasteiger partial charge is 0.320 e. The number of nitrogens with zero attached hydrogens (tertiary/aromatic N) is 5. The Bertz CT molecular complexity index is 835. The Labute approximate surface area is 146 Å². The van der Waals surface area contributed by atoms with Gasteiger partial charge in [0.25, 0.3) is 0 Å².